The van der Waals surface area contributed by atoms with E-state index in [0.717, 1.165) is 84.9 Å². The molecule has 2 saturated carbocycles. The van der Waals surface area contributed by atoms with Crippen molar-refractivity contribution in [1.29, 1.82) is 0 Å². The molecule has 0 aliphatic heterocycles. The summed E-state index contributed by atoms with van der Waals surface area (Å²) < 4.78 is 12.3. The Morgan fingerprint density at radius 1 is 0.614 bits per heavy atom. The van der Waals surface area contributed by atoms with Crippen molar-refractivity contribution in [1.82, 2.24) is 9.97 Å². The molecule has 5 heteroatoms. The van der Waals surface area contributed by atoms with Gasteiger partial charge in [0.2, 0.25) is 0 Å². The van der Waals surface area contributed by atoms with Crippen LogP contribution in [0, 0.1) is 23.7 Å². The summed E-state index contributed by atoms with van der Waals surface area (Å²) in [6.07, 6.45) is 9.18. The van der Waals surface area contributed by atoms with Crippen LogP contribution in [0.1, 0.15) is 51.0 Å². The van der Waals surface area contributed by atoms with Crippen LogP contribution in [0.25, 0.3) is 44.1 Å². The van der Waals surface area contributed by atoms with Crippen LogP contribution in [-0.2, 0) is 0 Å². The van der Waals surface area contributed by atoms with Gasteiger partial charge in [-0.3, -0.25) is 9.97 Å². The monoisotopic (exact) mass is 577 g/mol. The van der Waals surface area contributed by atoms with Crippen LogP contribution in [-0.4, -0.2) is 9.97 Å². The van der Waals surface area contributed by atoms with Gasteiger partial charge in [0.15, 0.2) is 11.2 Å². The van der Waals surface area contributed by atoms with E-state index in [4.69, 9.17) is 8.83 Å². The third-order valence-electron chi connectivity index (χ3n) is 10.4. The maximum atomic E-state index is 6.13. The van der Waals surface area contributed by atoms with Crippen molar-refractivity contribution in [3.8, 4) is 0 Å². The molecule has 4 heterocycles. The van der Waals surface area contributed by atoms with Gasteiger partial charge < -0.3 is 13.7 Å². The SMILES string of the molecule is CC1CC2CC(C)C(c3ccc(N(c4ccc5oc6cccnc6c5c4)c4ccc5oc6cccnc6c5c4)cc3)C(C1)C2. The summed E-state index contributed by atoms with van der Waals surface area (Å²) in [7, 11) is 0. The van der Waals surface area contributed by atoms with E-state index in [1.165, 1.54) is 31.2 Å². The molecule has 4 aromatic heterocycles. The molecule has 0 spiro atoms. The minimum Gasteiger partial charge on any atom is -0.454 e. The van der Waals surface area contributed by atoms with E-state index in [2.05, 4.69) is 89.4 Å². The smallest absolute Gasteiger partial charge is 0.153 e. The number of rotatable bonds is 4. The van der Waals surface area contributed by atoms with Gasteiger partial charge in [-0.15, -0.1) is 0 Å². The van der Waals surface area contributed by atoms with E-state index in [1.807, 2.05) is 36.7 Å². The Hall–Kier alpha value is -4.64. The highest BCUT2D eigenvalue weighted by atomic mass is 16.3. The fourth-order valence-corrected chi connectivity index (χ4v) is 8.77. The lowest BCUT2D eigenvalue weighted by Crippen LogP contribution is -2.35. The van der Waals surface area contributed by atoms with Crippen molar-refractivity contribution in [2.45, 2.75) is 45.4 Å². The molecule has 7 aromatic rings. The molecular weight excluding hydrogens is 542 g/mol. The Bertz CT molecular complexity index is 2040. The first-order valence-corrected chi connectivity index (χ1v) is 16.0. The number of aromatic nitrogens is 2. The van der Waals surface area contributed by atoms with E-state index >= 15 is 0 Å². The fraction of sp³-hybridized carbons (Fsp3) is 0.282. The Morgan fingerprint density at radius 3 is 1.82 bits per heavy atom. The molecule has 3 aromatic carbocycles. The second-order valence-corrected chi connectivity index (χ2v) is 13.4. The Labute approximate surface area is 256 Å². The third kappa shape index (κ3) is 4.13. The highest BCUT2D eigenvalue weighted by Crippen LogP contribution is 2.52. The molecule has 2 aliphatic rings. The maximum absolute atomic E-state index is 6.13. The summed E-state index contributed by atoms with van der Waals surface area (Å²) in [6, 6.07) is 30.0. The normalized spacial score (nSPS) is 23.5. The lowest BCUT2D eigenvalue weighted by Gasteiger charge is -2.46. The topological polar surface area (TPSA) is 55.3 Å². The molecule has 2 aliphatic carbocycles. The third-order valence-corrected chi connectivity index (χ3v) is 10.4. The Balaban J connectivity index is 1.18. The van der Waals surface area contributed by atoms with Gasteiger partial charge >= 0.3 is 0 Å². The van der Waals surface area contributed by atoms with Crippen molar-refractivity contribution in [2.75, 3.05) is 4.90 Å². The van der Waals surface area contributed by atoms with Gasteiger partial charge in [0.1, 0.15) is 22.2 Å². The summed E-state index contributed by atoms with van der Waals surface area (Å²) in [5, 5.41) is 2.02. The van der Waals surface area contributed by atoms with Gasteiger partial charge in [-0.1, -0.05) is 26.0 Å². The van der Waals surface area contributed by atoms with E-state index in [-0.39, 0.29) is 0 Å². The molecule has 9 rings (SSSR count). The van der Waals surface area contributed by atoms with Gasteiger partial charge in [0, 0.05) is 40.2 Å². The van der Waals surface area contributed by atoms with Gasteiger partial charge in [-0.2, -0.15) is 0 Å². The number of hydrogen-bond acceptors (Lipinski definition) is 5. The second kappa shape index (κ2) is 9.95. The second-order valence-electron chi connectivity index (χ2n) is 13.4. The summed E-state index contributed by atoms with van der Waals surface area (Å²) in [4.78, 5) is 11.6. The molecule has 0 saturated heterocycles. The summed E-state index contributed by atoms with van der Waals surface area (Å²) >= 11 is 0. The van der Waals surface area contributed by atoms with Crippen LogP contribution >= 0.6 is 0 Å². The van der Waals surface area contributed by atoms with Crippen LogP contribution in [0.15, 0.2) is 106 Å². The molecule has 0 radical (unpaired) electrons. The lowest BCUT2D eigenvalue weighted by atomic mass is 9.59. The van der Waals surface area contributed by atoms with Gasteiger partial charge in [-0.05, 0) is 134 Å². The first-order chi connectivity index (χ1) is 21.6. The minimum absolute atomic E-state index is 0.635. The van der Waals surface area contributed by atoms with E-state index in [1.54, 1.807) is 0 Å². The number of fused-ring (bicyclic) bond motifs is 8. The molecule has 5 nitrogen and oxygen atoms in total. The average Bonchev–Trinajstić information content (AvgIpc) is 3.59. The molecule has 2 bridgehead atoms. The number of pyridine rings is 2. The zero-order valence-corrected chi connectivity index (χ0v) is 25.1. The maximum Gasteiger partial charge on any atom is 0.153 e. The van der Waals surface area contributed by atoms with Crippen LogP contribution < -0.4 is 4.90 Å². The first kappa shape index (κ1) is 25.8. The predicted octanol–water partition coefficient (Wildman–Crippen LogP) is 10.9. The molecule has 5 unspecified atom stereocenters. The number of benzene rings is 3. The fourth-order valence-electron chi connectivity index (χ4n) is 8.77. The molecule has 44 heavy (non-hydrogen) atoms. The number of nitrogens with zero attached hydrogens (tertiary/aromatic N) is 3. The van der Waals surface area contributed by atoms with Gasteiger partial charge in [0.05, 0.1) is 0 Å². The largest absolute Gasteiger partial charge is 0.454 e. The highest BCUT2D eigenvalue weighted by Gasteiger charge is 2.40. The van der Waals surface area contributed by atoms with Crippen molar-refractivity contribution in [3.63, 3.8) is 0 Å². The van der Waals surface area contributed by atoms with Crippen LogP contribution in [0.5, 0.6) is 0 Å². The minimum atomic E-state index is 0.635. The number of hydrogen-bond donors (Lipinski definition) is 0. The summed E-state index contributed by atoms with van der Waals surface area (Å²) in [6.45, 7) is 4.94. The molecular formula is C39H35N3O2. The predicted molar refractivity (Wildman–Crippen MR) is 178 cm³/mol. The van der Waals surface area contributed by atoms with E-state index in [9.17, 15) is 0 Å². The van der Waals surface area contributed by atoms with E-state index < -0.39 is 0 Å². The van der Waals surface area contributed by atoms with Crippen molar-refractivity contribution < 1.29 is 8.83 Å². The zero-order chi connectivity index (χ0) is 29.4. The lowest BCUT2D eigenvalue weighted by molar-refractivity contribution is 0.0854. The van der Waals surface area contributed by atoms with Gasteiger partial charge in [-0.25, -0.2) is 0 Å². The molecule has 218 valence electrons. The quantitative estimate of drug-likeness (QED) is 0.208. The van der Waals surface area contributed by atoms with Crippen LogP contribution in [0.2, 0.25) is 0 Å². The van der Waals surface area contributed by atoms with Crippen molar-refractivity contribution >= 4 is 61.2 Å². The zero-order valence-electron chi connectivity index (χ0n) is 25.1. The summed E-state index contributed by atoms with van der Waals surface area (Å²) in [5.41, 5.74) is 9.74. The first-order valence-electron chi connectivity index (χ1n) is 16.0. The standard InChI is InChI=1S/C39H35N3O2/c1-23-17-25-19-24(2)37(27(18-23)20-25)26-7-9-28(10-8-26)42(29-11-13-33-31(21-29)38-35(43-33)5-3-15-40-38)30-12-14-34-32(22-30)39-36(44-34)6-4-16-41-39/h3-16,21-25,27,37H,17-20H2,1-2H3. The molecule has 5 atom stereocenters. The number of furan rings is 2. The van der Waals surface area contributed by atoms with Crippen LogP contribution in [0.4, 0.5) is 17.1 Å². The Morgan fingerprint density at radius 2 is 1.20 bits per heavy atom. The van der Waals surface area contributed by atoms with Crippen molar-refractivity contribution in [2.24, 2.45) is 23.7 Å². The van der Waals surface area contributed by atoms with Crippen molar-refractivity contribution in [3.05, 3.63) is 103 Å². The molecule has 0 amide bonds. The van der Waals surface area contributed by atoms with Crippen LogP contribution in [0.3, 0.4) is 0 Å². The highest BCUT2D eigenvalue weighted by molar-refractivity contribution is 6.06. The van der Waals surface area contributed by atoms with Gasteiger partial charge in [0.25, 0.3) is 0 Å². The molecule has 2 fully saturated rings. The molecule has 0 N–H and O–H groups in total. The average molecular weight is 578 g/mol. The summed E-state index contributed by atoms with van der Waals surface area (Å²) in [5.74, 6) is 3.91. The Kier molecular flexibility index (Phi) is 5.84. The van der Waals surface area contributed by atoms with E-state index in [0.29, 0.717) is 5.92 Å². The number of anilines is 3.